The van der Waals surface area contributed by atoms with Crippen LogP contribution in [0.3, 0.4) is 0 Å². The Kier molecular flexibility index (Phi) is 6.12. The minimum atomic E-state index is -0.925. The van der Waals surface area contributed by atoms with E-state index in [1.165, 1.54) is 5.56 Å². The van der Waals surface area contributed by atoms with Gasteiger partial charge in [-0.25, -0.2) is 0 Å². The van der Waals surface area contributed by atoms with E-state index in [1.54, 1.807) is 21.3 Å². The Morgan fingerprint density at radius 3 is 2.25 bits per heavy atom. The van der Waals surface area contributed by atoms with Gasteiger partial charge < -0.3 is 19.1 Å². The molecule has 0 saturated carbocycles. The van der Waals surface area contributed by atoms with E-state index < -0.39 is 11.2 Å². The lowest BCUT2D eigenvalue weighted by Gasteiger charge is -2.37. The zero-order valence-corrected chi connectivity index (χ0v) is 17.5. The molecule has 0 atom stereocenters. The Balaban J connectivity index is 1.47. The van der Waals surface area contributed by atoms with Gasteiger partial charge in [0.05, 0.1) is 11.2 Å². The molecule has 151 valence electrons. The lowest BCUT2D eigenvalue weighted by molar-refractivity contribution is -0.0893. The van der Waals surface area contributed by atoms with E-state index >= 15 is 0 Å². The van der Waals surface area contributed by atoms with Crippen LogP contribution in [0.5, 0.6) is 0 Å². The highest BCUT2D eigenvalue weighted by Crippen LogP contribution is 2.24. The van der Waals surface area contributed by atoms with Gasteiger partial charge >= 0.3 is 13.5 Å². The summed E-state index contributed by atoms with van der Waals surface area (Å²) in [5.41, 5.74) is 0.659. The number of benzene rings is 1. The third-order valence-corrected chi connectivity index (χ3v) is 5.51. The normalized spacial score (nSPS) is 16.4. The molecular weight excluding hydrogens is 355 g/mol. The number of aromatic nitrogens is 2. The van der Waals surface area contributed by atoms with Gasteiger partial charge in [-0.15, -0.1) is 5.10 Å². The predicted molar refractivity (Wildman–Crippen MR) is 110 cm³/mol. The first kappa shape index (κ1) is 20.8. The highest BCUT2D eigenvalue weighted by atomic mass is 16.5. The first-order valence-electron chi connectivity index (χ1n) is 9.74. The molecule has 3 rings (SSSR count). The summed E-state index contributed by atoms with van der Waals surface area (Å²) in [5.74, 6) is 0.601. The predicted octanol–water partition coefficient (Wildman–Crippen LogP) is 1.51. The van der Waals surface area contributed by atoms with Crippen molar-refractivity contribution in [3.63, 3.8) is 0 Å². The topological polar surface area (TPSA) is 74.9 Å². The molecule has 1 fully saturated rings. The molecule has 2 aromatic rings. The molecule has 1 saturated heterocycles. The van der Waals surface area contributed by atoms with Crippen molar-refractivity contribution in [3.05, 3.63) is 35.7 Å². The molecule has 0 aliphatic carbocycles. The Morgan fingerprint density at radius 1 is 1.07 bits per heavy atom. The Bertz CT molecular complexity index is 763. The number of anilines is 1. The van der Waals surface area contributed by atoms with Crippen molar-refractivity contribution in [2.75, 3.05) is 31.1 Å². The van der Waals surface area contributed by atoms with Crippen LogP contribution in [0.1, 0.15) is 39.1 Å². The van der Waals surface area contributed by atoms with Crippen LogP contribution in [0.2, 0.25) is 0 Å². The first-order valence-corrected chi connectivity index (χ1v) is 9.74. The summed E-state index contributed by atoms with van der Waals surface area (Å²) in [7, 11) is 1.72. The van der Waals surface area contributed by atoms with Crippen LogP contribution in [-0.4, -0.2) is 65.1 Å². The Hall–Kier alpha value is -1.90. The van der Waals surface area contributed by atoms with Crippen LogP contribution >= 0.6 is 0 Å². The van der Waals surface area contributed by atoms with Gasteiger partial charge in [0, 0.05) is 39.6 Å². The molecule has 8 heteroatoms. The molecule has 7 nitrogen and oxygen atoms in total. The van der Waals surface area contributed by atoms with Crippen molar-refractivity contribution in [3.8, 4) is 0 Å². The zero-order valence-electron chi connectivity index (χ0n) is 17.5. The van der Waals surface area contributed by atoms with Crippen molar-refractivity contribution in [1.82, 2.24) is 15.1 Å². The van der Waals surface area contributed by atoms with E-state index in [0.29, 0.717) is 11.9 Å². The summed E-state index contributed by atoms with van der Waals surface area (Å²) in [4.78, 5) is 4.56. The molecule has 1 aliphatic heterocycles. The number of piperazine rings is 1. The summed E-state index contributed by atoms with van der Waals surface area (Å²) in [6.45, 7) is 13.7. The Labute approximate surface area is 168 Å². The fourth-order valence-corrected chi connectivity index (χ4v) is 2.83. The number of hydrogen-bond donors (Lipinski definition) is 1. The summed E-state index contributed by atoms with van der Waals surface area (Å²) in [5, 5.41) is 18.2. The van der Waals surface area contributed by atoms with Crippen molar-refractivity contribution >= 4 is 19.0 Å². The molecule has 1 aromatic carbocycles. The Morgan fingerprint density at radius 2 is 1.71 bits per heavy atom. The lowest BCUT2D eigenvalue weighted by Crippen LogP contribution is -2.49. The molecule has 1 aromatic heterocycles. The third-order valence-electron chi connectivity index (χ3n) is 5.51. The van der Waals surface area contributed by atoms with Gasteiger partial charge in [0.1, 0.15) is 0 Å². The second-order valence-corrected chi connectivity index (χ2v) is 8.41. The van der Waals surface area contributed by atoms with E-state index in [2.05, 4.69) is 32.1 Å². The SMILES string of the molecule is Cc1nnc(N2CCN(Cc3ccc([B]OC(C)(C)C(C)(C)O)cc3)CC2)o1. The molecule has 2 heterocycles. The van der Waals surface area contributed by atoms with E-state index in [4.69, 9.17) is 9.07 Å². The third kappa shape index (κ3) is 5.13. The number of aliphatic hydroxyl groups is 1. The second kappa shape index (κ2) is 8.23. The second-order valence-electron chi connectivity index (χ2n) is 8.41. The molecule has 1 aliphatic rings. The highest BCUT2D eigenvalue weighted by molar-refractivity contribution is 6.47. The average molecular weight is 385 g/mol. The van der Waals surface area contributed by atoms with Crippen molar-refractivity contribution in [2.24, 2.45) is 0 Å². The quantitative estimate of drug-likeness (QED) is 0.725. The van der Waals surface area contributed by atoms with Crippen LogP contribution in [0.4, 0.5) is 6.01 Å². The summed E-state index contributed by atoms with van der Waals surface area (Å²) < 4.78 is 11.3. The van der Waals surface area contributed by atoms with Crippen molar-refractivity contribution in [2.45, 2.75) is 52.4 Å². The van der Waals surface area contributed by atoms with Crippen molar-refractivity contribution < 1.29 is 14.2 Å². The maximum atomic E-state index is 10.2. The summed E-state index contributed by atoms with van der Waals surface area (Å²) in [6.07, 6.45) is 0. The lowest BCUT2D eigenvalue weighted by atomic mass is 9.82. The fraction of sp³-hybridized carbons (Fsp3) is 0.600. The maximum Gasteiger partial charge on any atom is 0.330 e. The molecule has 0 bridgehead atoms. The zero-order chi connectivity index (χ0) is 20.4. The molecule has 28 heavy (non-hydrogen) atoms. The molecular formula is C20H30BN4O3. The van der Waals surface area contributed by atoms with E-state index in [0.717, 1.165) is 38.2 Å². The first-order chi connectivity index (χ1) is 13.1. The average Bonchev–Trinajstić information content (AvgIpc) is 3.07. The number of hydrogen-bond acceptors (Lipinski definition) is 7. The maximum absolute atomic E-state index is 10.2. The van der Waals surface area contributed by atoms with Crippen molar-refractivity contribution in [1.29, 1.82) is 0 Å². The van der Waals surface area contributed by atoms with Gasteiger partial charge in [-0.3, -0.25) is 4.90 Å². The number of rotatable bonds is 7. The standard InChI is InChI=1S/C20H30BN4O3/c1-15-22-23-18(27-15)25-12-10-24(11-13-25)14-16-6-8-17(9-7-16)21-28-20(4,5)19(2,3)26/h6-9,26H,10-14H2,1-5H3. The van der Waals surface area contributed by atoms with Crippen LogP contribution in [-0.2, 0) is 11.2 Å². The summed E-state index contributed by atoms with van der Waals surface area (Å²) >= 11 is 0. The molecule has 1 N–H and O–H groups in total. The molecule has 0 unspecified atom stereocenters. The van der Waals surface area contributed by atoms with Gasteiger partial charge in [-0.05, 0) is 33.3 Å². The smallest absolute Gasteiger partial charge is 0.330 e. The number of nitrogens with zero attached hydrogens (tertiary/aromatic N) is 4. The molecule has 1 radical (unpaired) electrons. The van der Waals surface area contributed by atoms with Gasteiger partial charge in [-0.2, -0.15) is 0 Å². The minimum Gasteiger partial charge on any atom is -0.427 e. The van der Waals surface area contributed by atoms with Crippen LogP contribution in [0, 0.1) is 6.92 Å². The minimum absolute atomic E-state index is 0.601. The van der Waals surface area contributed by atoms with Crippen LogP contribution in [0.15, 0.2) is 28.7 Å². The van der Waals surface area contributed by atoms with E-state index in [-0.39, 0.29) is 0 Å². The van der Waals surface area contributed by atoms with E-state index in [9.17, 15) is 5.11 Å². The van der Waals surface area contributed by atoms with Crippen LogP contribution < -0.4 is 10.4 Å². The monoisotopic (exact) mass is 385 g/mol. The van der Waals surface area contributed by atoms with Gasteiger partial charge in [0.2, 0.25) is 5.89 Å². The van der Waals surface area contributed by atoms with Gasteiger partial charge in [-0.1, -0.05) is 34.8 Å². The highest BCUT2D eigenvalue weighted by Gasteiger charge is 2.35. The van der Waals surface area contributed by atoms with Gasteiger partial charge in [0.25, 0.3) is 0 Å². The largest absolute Gasteiger partial charge is 0.427 e. The van der Waals surface area contributed by atoms with Gasteiger partial charge in [0.15, 0.2) is 0 Å². The molecule has 0 amide bonds. The fourth-order valence-electron chi connectivity index (χ4n) is 2.83. The van der Waals surface area contributed by atoms with Crippen LogP contribution in [0.25, 0.3) is 0 Å². The number of aryl methyl sites for hydroxylation is 1. The van der Waals surface area contributed by atoms with E-state index in [1.807, 2.05) is 32.9 Å². The molecule has 0 spiro atoms. The summed E-state index contributed by atoms with van der Waals surface area (Å²) in [6, 6.07) is 8.96.